The number of rotatable bonds is 5. The lowest BCUT2D eigenvalue weighted by molar-refractivity contribution is 0.0378. The van der Waals surface area contributed by atoms with Crippen LogP contribution in [0.4, 0.5) is 4.39 Å². The second kappa shape index (κ2) is 6.27. The van der Waals surface area contributed by atoms with Crippen LogP contribution in [-0.4, -0.2) is 54.3 Å². The minimum absolute atomic E-state index is 0.0629. The van der Waals surface area contributed by atoms with E-state index in [1.807, 2.05) is 0 Å². The molecule has 1 aromatic rings. The largest absolute Gasteiger partial charge is 0.389 e. The van der Waals surface area contributed by atoms with Gasteiger partial charge in [0.2, 0.25) is 0 Å². The summed E-state index contributed by atoms with van der Waals surface area (Å²) in [5, 5.41) is 9.46. The van der Waals surface area contributed by atoms with Crippen LogP contribution >= 0.6 is 0 Å². The van der Waals surface area contributed by atoms with Crippen LogP contribution in [0.1, 0.15) is 10.4 Å². The lowest BCUT2D eigenvalue weighted by Gasteiger charge is -2.20. The molecule has 0 bridgehead atoms. The van der Waals surface area contributed by atoms with Gasteiger partial charge in [0.1, 0.15) is 0 Å². The molecule has 0 aliphatic heterocycles. The summed E-state index contributed by atoms with van der Waals surface area (Å²) in [6, 6.07) is 1.30. The van der Waals surface area contributed by atoms with Crippen LogP contribution in [0, 0.1) is 5.82 Å². The molecule has 1 rings (SSSR count). The molecular weight excluding hydrogens is 227 g/mol. The van der Waals surface area contributed by atoms with Crippen molar-refractivity contribution in [3.63, 3.8) is 0 Å². The van der Waals surface area contributed by atoms with E-state index < -0.39 is 17.8 Å². The average molecular weight is 242 g/mol. The number of amides is 1. The maximum Gasteiger partial charge on any atom is 0.256 e. The Hall–Kier alpha value is -1.53. The molecule has 0 saturated carbocycles. The first-order valence-corrected chi connectivity index (χ1v) is 5.08. The number of methoxy groups -OCH3 is 1. The lowest BCUT2D eigenvalue weighted by Crippen LogP contribution is -2.36. The van der Waals surface area contributed by atoms with Crippen molar-refractivity contribution in [1.82, 2.24) is 9.88 Å². The Morgan fingerprint density at radius 3 is 3.00 bits per heavy atom. The summed E-state index contributed by atoms with van der Waals surface area (Å²) in [5.41, 5.74) is -0.0629. The number of ether oxygens (including phenoxy) is 1. The molecule has 1 heterocycles. The number of hydrogen-bond acceptors (Lipinski definition) is 4. The first kappa shape index (κ1) is 13.5. The summed E-state index contributed by atoms with van der Waals surface area (Å²) in [6.07, 6.45) is 1.53. The molecule has 5 nitrogen and oxygen atoms in total. The molecule has 0 fully saturated rings. The molecule has 1 amide bonds. The van der Waals surface area contributed by atoms with Gasteiger partial charge in [-0.3, -0.25) is 9.78 Å². The van der Waals surface area contributed by atoms with Crippen LogP contribution in [0.2, 0.25) is 0 Å². The normalized spacial score (nSPS) is 12.2. The Balaban J connectivity index is 2.67. The molecule has 0 aliphatic rings. The standard InChI is InChI=1S/C11H15FN2O3/c1-14(6-8(15)7-17-2)11(16)9-3-4-13-5-10(9)12/h3-5,8,15H,6-7H2,1-2H3. The van der Waals surface area contributed by atoms with Crippen molar-refractivity contribution in [2.45, 2.75) is 6.10 Å². The zero-order valence-electron chi connectivity index (χ0n) is 9.76. The van der Waals surface area contributed by atoms with E-state index in [9.17, 15) is 14.3 Å². The van der Waals surface area contributed by atoms with Crippen LogP contribution in [0.5, 0.6) is 0 Å². The van der Waals surface area contributed by atoms with Gasteiger partial charge in [-0.1, -0.05) is 0 Å². The van der Waals surface area contributed by atoms with Gasteiger partial charge < -0.3 is 14.7 Å². The number of aliphatic hydroxyl groups excluding tert-OH is 1. The number of aliphatic hydroxyl groups is 1. The predicted molar refractivity (Wildman–Crippen MR) is 59.0 cm³/mol. The highest BCUT2D eigenvalue weighted by atomic mass is 19.1. The van der Waals surface area contributed by atoms with E-state index in [0.717, 1.165) is 6.20 Å². The topological polar surface area (TPSA) is 62.7 Å². The fourth-order valence-corrected chi connectivity index (χ4v) is 1.40. The molecule has 17 heavy (non-hydrogen) atoms. The van der Waals surface area contributed by atoms with Crippen LogP contribution in [-0.2, 0) is 4.74 Å². The van der Waals surface area contributed by atoms with Crippen molar-refractivity contribution in [2.75, 3.05) is 27.3 Å². The van der Waals surface area contributed by atoms with Gasteiger partial charge in [-0.2, -0.15) is 0 Å². The van der Waals surface area contributed by atoms with Crippen molar-refractivity contribution in [3.05, 3.63) is 29.8 Å². The predicted octanol–water partition coefficient (Wildman–Crippen LogP) is 0.300. The maximum atomic E-state index is 13.3. The fourth-order valence-electron chi connectivity index (χ4n) is 1.40. The molecule has 1 unspecified atom stereocenters. The molecule has 0 radical (unpaired) electrons. The molecule has 6 heteroatoms. The fraction of sp³-hybridized carbons (Fsp3) is 0.455. The molecule has 1 atom stereocenters. The van der Waals surface area contributed by atoms with Gasteiger partial charge in [0.15, 0.2) is 5.82 Å². The molecule has 1 N–H and O–H groups in total. The SMILES string of the molecule is COCC(O)CN(C)C(=O)c1ccncc1F. The number of carbonyl (C=O) groups is 1. The van der Waals surface area contributed by atoms with Gasteiger partial charge in [-0.05, 0) is 6.07 Å². The Kier molecular flexibility index (Phi) is 4.99. The first-order chi connectivity index (χ1) is 8.06. The minimum Gasteiger partial charge on any atom is -0.389 e. The third-order valence-corrected chi connectivity index (χ3v) is 2.19. The van der Waals surface area contributed by atoms with Gasteiger partial charge in [0, 0.05) is 26.9 Å². The highest BCUT2D eigenvalue weighted by Crippen LogP contribution is 2.08. The Morgan fingerprint density at radius 2 is 2.41 bits per heavy atom. The summed E-state index contributed by atoms with van der Waals surface area (Å²) in [7, 11) is 2.94. The molecule has 1 aromatic heterocycles. The number of halogens is 1. The van der Waals surface area contributed by atoms with E-state index >= 15 is 0 Å². The number of pyridine rings is 1. The number of nitrogens with zero attached hydrogens (tertiary/aromatic N) is 2. The van der Waals surface area contributed by atoms with E-state index in [0.29, 0.717) is 0 Å². The van der Waals surface area contributed by atoms with Gasteiger partial charge in [0.05, 0.1) is 24.5 Å². The van der Waals surface area contributed by atoms with Gasteiger partial charge in [-0.15, -0.1) is 0 Å². The number of hydrogen-bond donors (Lipinski definition) is 1. The zero-order chi connectivity index (χ0) is 12.8. The average Bonchev–Trinajstić information content (AvgIpc) is 2.29. The zero-order valence-corrected chi connectivity index (χ0v) is 9.76. The molecule has 0 spiro atoms. The summed E-state index contributed by atoms with van der Waals surface area (Å²) in [6.45, 7) is 0.199. The van der Waals surface area contributed by atoms with Crippen molar-refractivity contribution < 1.29 is 19.0 Å². The van der Waals surface area contributed by atoms with E-state index in [2.05, 4.69) is 4.98 Å². The van der Waals surface area contributed by atoms with Crippen molar-refractivity contribution >= 4 is 5.91 Å². The third kappa shape index (κ3) is 3.76. The summed E-state index contributed by atoms with van der Waals surface area (Å²) < 4.78 is 18.0. The van der Waals surface area contributed by atoms with E-state index in [1.54, 1.807) is 0 Å². The van der Waals surface area contributed by atoms with Crippen LogP contribution < -0.4 is 0 Å². The Labute approximate surface area is 98.8 Å². The number of carbonyl (C=O) groups excluding carboxylic acids is 1. The van der Waals surface area contributed by atoms with Crippen LogP contribution in [0.25, 0.3) is 0 Å². The summed E-state index contributed by atoms with van der Waals surface area (Å²) in [5.74, 6) is -1.18. The highest BCUT2D eigenvalue weighted by Gasteiger charge is 2.18. The minimum atomic E-state index is -0.793. The smallest absolute Gasteiger partial charge is 0.256 e. The quantitative estimate of drug-likeness (QED) is 0.806. The Bertz CT molecular complexity index is 387. The Morgan fingerprint density at radius 1 is 1.71 bits per heavy atom. The second-order valence-electron chi connectivity index (χ2n) is 3.65. The number of aromatic nitrogens is 1. The monoisotopic (exact) mass is 242 g/mol. The molecular formula is C11H15FN2O3. The molecule has 0 aliphatic carbocycles. The third-order valence-electron chi connectivity index (χ3n) is 2.19. The maximum absolute atomic E-state index is 13.3. The van der Waals surface area contributed by atoms with E-state index in [4.69, 9.17) is 4.74 Å². The first-order valence-electron chi connectivity index (χ1n) is 5.08. The summed E-state index contributed by atoms with van der Waals surface area (Å²) >= 11 is 0. The van der Waals surface area contributed by atoms with Crippen LogP contribution in [0.15, 0.2) is 18.5 Å². The second-order valence-corrected chi connectivity index (χ2v) is 3.65. The van der Waals surface area contributed by atoms with E-state index in [-0.39, 0.29) is 18.7 Å². The highest BCUT2D eigenvalue weighted by molar-refractivity contribution is 5.94. The lowest BCUT2D eigenvalue weighted by atomic mass is 10.2. The van der Waals surface area contributed by atoms with Crippen molar-refractivity contribution in [3.8, 4) is 0 Å². The molecule has 94 valence electrons. The van der Waals surface area contributed by atoms with Gasteiger partial charge in [-0.25, -0.2) is 4.39 Å². The molecule has 0 saturated heterocycles. The number of likely N-dealkylation sites (N-methyl/N-ethyl adjacent to an activating group) is 1. The van der Waals surface area contributed by atoms with E-state index in [1.165, 1.54) is 31.3 Å². The van der Waals surface area contributed by atoms with Crippen molar-refractivity contribution in [1.29, 1.82) is 0 Å². The molecule has 0 aromatic carbocycles. The van der Waals surface area contributed by atoms with Gasteiger partial charge in [0.25, 0.3) is 5.91 Å². The van der Waals surface area contributed by atoms with Crippen molar-refractivity contribution in [2.24, 2.45) is 0 Å². The van der Waals surface area contributed by atoms with Gasteiger partial charge >= 0.3 is 0 Å². The summed E-state index contributed by atoms with van der Waals surface area (Å²) in [4.78, 5) is 16.6. The van der Waals surface area contributed by atoms with Crippen LogP contribution in [0.3, 0.4) is 0 Å².